The fourth-order valence-corrected chi connectivity index (χ4v) is 4.45. The lowest BCUT2D eigenvalue weighted by Gasteiger charge is -2.41. The van der Waals surface area contributed by atoms with E-state index in [0.29, 0.717) is 37.8 Å². The third-order valence-electron chi connectivity index (χ3n) is 6.16. The van der Waals surface area contributed by atoms with Crippen molar-refractivity contribution in [3.8, 4) is 11.5 Å². The Labute approximate surface area is 187 Å². The lowest BCUT2D eigenvalue weighted by atomic mass is 9.76. The van der Waals surface area contributed by atoms with Crippen LogP contribution in [0.2, 0.25) is 0 Å². The average Bonchev–Trinajstić information content (AvgIpc) is 3.43. The summed E-state index contributed by atoms with van der Waals surface area (Å²) in [6.45, 7) is 6.40. The molecule has 4 heterocycles. The van der Waals surface area contributed by atoms with Crippen LogP contribution in [0.4, 0.5) is 0 Å². The molecule has 1 saturated heterocycles. The minimum atomic E-state index is -0.397. The van der Waals surface area contributed by atoms with E-state index in [1.807, 2.05) is 41.6 Å². The number of aromatic nitrogens is 5. The Morgan fingerprint density at radius 2 is 2.22 bits per heavy atom. The summed E-state index contributed by atoms with van der Waals surface area (Å²) < 4.78 is 12.9. The molecule has 1 aliphatic rings. The second-order valence-electron chi connectivity index (χ2n) is 8.51. The molecule has 1 atom stereocenters. The molecule has 1 fully saturated rings. The molecule has 0 N–H and O–H groups in total. The summed E-state index contributed by atoms with van der Waals surface area (Å²) in [6.07, 6.45) is 6.30. The third-order valence-corrected chi connectivity index (χ3v) is 6.16. The third kappa shape index (κ3) is 4.72. The van der Waals surface area contributed by atoms with E-state index in [4.69, 9.17) is 14.2 Å². The van der Waals surface area contributed by atoms with Gasteiger partial charge in [0.15, 0.2) is 5.82 Å². The number of amides is 1. The normalized spacial score (nSPS) is 18.8. The number of rotatable bonds is 8. The number of nitrogens with zero attached hydrogens (tertiary/aromatic N) is 6. The largest absolute Gasteiger partial charge is 0.385 e. The van der Waals surface area contributed by atoms with Gasteiger partial charge in [-0.15, -0.1) is 0 Å². The van der Waals surface area contributed by atoms with Crippen molar-refractivity contribution in [1.29, 1.82) is 0 Å². The van der Waals surface area contributed by atoms with Crippen molar-refractivity contribution in [2.75, 3.05) is 26.8 Å². The van der Waals surface area contributed by atoms with Crippen LogP contribution >= 0.6 is 0 Å². The molecule has 1 aliphatic heterocycles. The highest BCUT2D eigenvalue weighted by Gasteiger charge is 2.42. The molecule has 1 amide bonds. The van der Waals surface area contributed by atoms with Crippen LogP contribution in [0, 0.1) is 13.8 Å². The second-order valence-corrected chi connectivity index (χ2v) is 8.51. The van der Waals surface area contributed by atoms with E-state index in [9.17, 15) is 4.79 Å². The van der Waals surface area contributed by atoms with E-state index in [1.54, 1.807) is 19.5 Å². The number of likely N-dealkylation sites (tertiary alicyclic amines) is 1. The van der Waals surface area contributed by atoms with Gasteiger partial charge in [-0.25, -0.2) is 0 Å². The van der Waals surface area contributed by atoms with Gasteiger partial charge in [0, 0.05) is 57.9 Å². The van der Waals surface area contributed by atoms with Crippen molar-refractivity contribution < 1.29 is 14.1 Å². The van der Waals surface area contributed by atoms with Gasteiger partial charge in [-0.3, -0.25) is 14.5 Å². The summed E-state index contributed by atoms with van der Waals surface area (Å²) in [4.78, 5) is 23.9. The maximum absolute atomic E-state index is 13.1. The van der Waals surface area contributed by atoms with Gasteiger partial charge in [-0.2, -0.15) is 10.1 Å². The maximum atomic E-state index is 13.1. The van der Waals surface area contributed by atoms with Crippen molar-refractivity contribution in [3.05, 3.63) is 47.8 Å². The van der Waals surface area contributed by atoms with Crippen LogP contribution < -0.4 is 0 Å². The Morgan fingerprint density at radius 1 is 1.34 bits per heavy atom. The topological polar surface area (TPSA) is 99.2 Å². The molecule has 0 aliphatic carbocycles. The predicted molar refractivity (Wildman–Crippen MR) is 118 cm³/mol. The van der Waals surface area contributed by atoms with Crippen molar-refractivity contribution in [1.82, 2.24) is 29.8 Å². The van der Waals surface area contributed by atoms with E-state index in [2.05, 4.69) is 15.2 Å². The number of pyridine rings is 1. The fraction of sp³-hybridized carbons (Fsp3) is 0.522. The Kier molecular flexibility index (Phi) is 6.64. The number of methoxy groups -OCH3 is 1. The molecule has 9 heteroatoms. The summed E-state index contributed by atoms with van der Waals surface area (Å²) in [5.41, 5.74) is 2.42. The maximum Gasteiger partial charge on any atom is 0.259 e. The predicted octanol–water partition coefficient (Wildman–Crippen LogP) is 2.93. The highest BCUT2D eigenvalue weighted by molar-refractivity contribution is 5.76. The molecule has 0 aromatic carbocycles. The van der Waals surface area contributed by atoms with Gasteiger partial charge < -0.3 is 14.2 Å². The minimum Gasteiger partial charge on any atom is -0.385 e. The molecule has 9 nitrogen and oxygen atoms in total. The average molecular weight is 439 g/mol. The van der Waals surface area contributed by atoms with Crippen LogP contribution in [-0.4, -0.2) is 62.5 Å². The molecule has 170 valence electrons. The summed E-state index contributed by atoms with van der Waals surface area (Å²) >= 11 is 0. The highest BCUT2D eigenvalue weighted by atomic mass is 16.5. The lowest BCUT2D eigenvalue weighted by Crippen LogP contribution is -2.49. The molecule has 0 saturated carbocycles. The first-order chi connectivity index (χ1) is 15.5. The number of piperidine rings is 1. The fourth-order valence-electron chi connectivity index (χ4n) is 4.45. The van der Waals surface area contributed by atoms with E-state index < -0.39 is 5.41 Å². The Balaban J connectivity index is 1.51. The van der Waals surface area contributed by atoms with Crippen molar-refractivity contribution in [3.63, 3.8) is 0 Å². The molecular weight excluding hydrogens is 408 g/mol. The summed E-state index contributed by atoms with van der Waals surface area (Å²) in [5.74, 6) is 1.19. The highest BCUT2D eigenvalue weighted by Crippen LogP contribution is 2.37. The first-order valence-electron chi connectivity index (χ1n) is 11.0. The minimum absolute atomic E-state index is 0.120. The van der Waals surface area contributed by atoms with E-state index in [-0.39, 0.29) is 5.91 Å². The standard InChI is InChI=1S/C23H30N6O3/c1-17-14-18(2)29(26-17)12-7-20(30)28-11-5-8-23(16-28,9-13-31-3)22-25-21(32-27-22)19-6-4-10-24-15-19/h4,6,10,14-15H,5,7-9,11-13,16H2,1-3H3. The van der Waals surface area contributed by atoms with Crippen LogP contribution in [0.1, 0.15) is 42.9 Å². The summed E-state index contributed by atoms with van der Waals surface area (Å²) in [6, 6.07) is 5.75. The van der Waals surface area contributed by atoms with Gasteiger partial charge in [0.05, 0.1) is 16.7 Å². The van der Waals surface area contributed by atoms with Crippen molar-refractivity contribution in [2.24, 2.45) is 0 Å². The first kappa shape index (κ1) is 22.1. The van der Waals surface area contributed by atoms with E-state index >= 15 is 0 Å². The van der Waals surface area contributed by atoms with Crippen LogP contribution in [-0.2, 0) is 21.5 Å². The Morgan fingerprint density at radius 3 is 2.94 bits per heavy atom. The van der Waals surface area contributed by atoms with Crippen LogP contribution in [0.5, 0.6) is 0 Å². The second kappa shape index (κ2) is 9.60. The van der Waals surface area contributed by atoms with E-state index in [0.717, 1.165) is 42.8 Å². The number of ether oxygens (including phenoxy) is 1. The zero-order chi connectivity index (χ0) is 22.6. The van der Waals surface area contributed by atoms with Gasteiger partial charge in [-0.05, 0) is 51.3 Å². The SMILES string of the molecule is COCCC1(c2noc(-c3cccnc3)n2)CCCN(C(=O)CCn2nc(C)cc2C)C1. The molecule has 0 bridgehead atoms. The van der Waals surface area contributed by atoms with Gasteiger partial charge >= 0.3 is 0 Å². The molecule has 3 aromatic heterocycles. The van der Waals surface area contributed by atoms with E-state index in [1.165, 1.54) is 0 Å². The summed E-state index contributed by atoms with van der Waals surface area (Å²) in [7, 11) is 1.69. The molecule has 0 radical (unpaired) electrons. The first-order valence-corrected chi connectivity index (χ1v) is 11.0. The van der Waals surface area contributed by atoms with Crippen molar-refractivity contribution >= 4 is 5.91 Å². The van der Waals surface area contributed by atoms with Gasteiger partial charge in [0.2, 0.25) is 5.91 Å². The molecule has 32 heavy (non-hydrogen) atoms. The monoisotopic (exact) mass is 438 g/mol. The van der Waals surface area contributed by atoms with Crippen LogP contribution in [0.25, 0.3) is 11.5 Å². The molecule has 0 spiro atoms. The number of carbonyl (C=O) groups excluding carboxylic acids is 1. The lowest BCUT2D eigenvalue weighted by molar-refractivity contribution is -0.134. The summed E-state index contributed by atoms with van der Waals surface area (Å²) in [5, 5.41) is 8.79. The number of hydrogen-bond donors (Lipinski definition) is 0. The van der Waals surface area contributed by atoms with Gasteiger partial charge in [-0.1, -0.05) is 5.16 Å². The Bertz CT molecular complexity index is 1050. The Hall–Kier alpha value is -3.07. The molecule has 3 aromatic rings. The number of hydrogen-bond acceptors (Lipinski definition) is 7. The smallest absolute Gasteiger partial charge is 0.259 e. The van der Waals surface area contributed by atoms with Crippen LogP contribution in [0.3, 0.4) is 0 Å². The number of aryl methyl sites for hydroxylation is 3. The number of carbonyl (C=O) groups is 1. The van der Waals surface area contributed by atoms with Crippen molar-refractivity contribution in [2.45, 2.75) is 51.5 Å². The zero-order valence-corrected chi connectivity index (χ0v) is 19.0. The van der Waals surface area contributed by atoms with Crippen LogP contribution in [0.15, 0.2) is 35.1 Å². The molecular formula is C23H30N6O3. The molecule has 1 unspecified atom stereocenters. The molecule has 4 rings (SSSR count). The van der Waals surface area contributed by atoms with Gasteiger partial charge in [0.25, 0.3) is 5.89 Å². The van der Waals surface area contributed by atoms with Gasteiger partial charge in [0.1, 0.15) is 0 Å². The zero-order valence-electron chi connectivity index (χ0n) is 19.0. The quantitative estimate of drug-likeness (QED) is 0.533.